The first kappa shape index (κ1) is 6.53. The van der Waals surface area contributed by atoms with Gasteiger partial charge in [-0.15, -0.1) is 0 Å². The van der Waals surface area contributed by atoms with E-state index in [1.54, 1.807) is 0 Å². The normalized spacial score (nSPS) is 21.4. The van der Waals surface area contributed by atoms with Gasteiger partial charge in [-0.25, -0.2) is 0 Å². The molecule has 0 N–H and O–H groups in total. The number of fused-ring (bicyclic) bond motifs is 1. The van der Waals surface area contributed by atoms with E-state index in [0.29, 0.717) is 6.61 Å². The lowest BCUT2D eigenvalue weighted by molar-refractivity contribution is 0.104. The van der Waals surface area contributed by atoms with E-state index >= 15 is 0 Å². The van der Waals surface area contributed by atoms with E-state index in [0.717, 1.165) is 11.5 Å². The van der Waals surface area contributed by atoms with Gasteiger partial charge in [0, 0.05) is 0 Å². The predicted octanol–water partition coefficient (Wildman–Crippen LogP) is 1.85. The zero-order valence-corrected chi connectivity index (χ0v) is 6.41. The molecule has 0 fully saturated rings. The number of rotatable bonds is 0. The fraction of sp³-hybridized carbons (Fsp3) is 0.333. The average molecular weight is 150 g/mol. The van der Waals surface area contributed by atoms with Crippen molar-refractivity contribution in [2.75, 3.05) is 6.61 Å². The highest BCUT2D eigenvalue weighted by atomic mass is 16.6. The van der Waals surface area contributed by atoms with Crippen molar-refractivity contribution in [3.63, 3.8) is 0 Å². The molecule has 1 aliphatic rings. The third-order valence-corrected chi connectivity index (χ3v) is 1.65. The molecule has 1 atom stereocenters. The Kier molecular flexibility index (Phi) is 1.46. The first-order valence-electron chi connectivity index (χ1n) is 3.75. The molecule has 1 aromatic rings. The second kappa shape index (κ2) is 2.46. The van der Waals surface area contributed by atoms with Crippen molar-refractivity contribution in [3.8, 4) is 11.5 Å². The van der Waals surface area contributed by atoms with Crippen LogP contribution in [-0.2, 0) is 0 Å². The number of benzene rings is 1. The van der Waals surface area contributed by atoms with E-state index in [9.17, 15) is 0 Å². The van der Waals surface area contributed by atoms with E-state index < -0.39 is 0 Å². The molecule has 0 saturated carbocycles. The molecule has 0 amide bonds. The van der Waals surface area contributed by atoms with Gasteiger partial charge in [0.2, 0.25) is 0 Å². The van der Waals surface area contributed by atoms with Crippen LogP contribution in [0.2, 0.25) is 0 Å². The summed E-state index contributed by atoms with van der Waals surface area (Å²) >= 11 is 0. The van der Waals surface area contributed by atoms with Gasteiger partial charge < -0.3 is 9.47 Å². The Labute approximate surface area is 65.7 Å². The molecular weight excluding hydrogens is 140 g/mol. The Morgan fingerprint density at radius 1 is 1.27 bits per heavy atom. The first-order chi connectivity index (χ1) is 5.36. The standard InChI is InChI=1S/C9H10O2/c1-7-6-10-8-4-2-3-5-9(8)11-7/h2-5,7H,6H2,1H3. The monoisotopic (exact) mass is 150 g/mol. The minimum atomic E-state index is 0.171. The van der Waals surface area contributed by atoms with Gasteiger partial charge in [-0.05, 0) is 19.1 Å². The van der Waals surface area contributed by atoms with Crippen molar-refractivity contribution < 1.29 is 9.47 Å². The smallest absolute Gasteiger partial charge is 0.161 e. The van der Waals surface area contributed by atoms with Crippen LogP contribution in [0.5, 0.6) is 11.5 Å². The Balaban J connectivity index is 2.34. The molecule has 0 radical (unpaired) electrons. The fourth-order valence-corrected chi connectivity index (χ4v) is 1.12. The summed E-state index contributed by atoms with van der Waals surface area (Å²) in [6.07, 6.45) is 0.171. The summed E-state index contributed by atoms with van der Waals surface area (Å²) in [6, 6.07) is 7.73. The zero-order valence-electron chi connectivity index (χ0n) is 6.41. The van der Waals surface area contributed by atoms with Crippen molar-refractivity contribution in [1.29, 1.82) is 0 Å². The third-order valence-electron chi connectivity index (χ3n) is 1.65. The van der Waals surface area contributed by atoms with Crippen LogP contribution in [0.3, 0.4) is 0 Å². The Morgan fingerprint density at radius 3 is 2.82 bits per heavy atom. The van der Waals surface area contributed by atoms with Crippen LogP contribution in [0, 0.1) is 0 Å². The van der Waals surface area contributed by atoms with Crippen molar-refractivity contribution >= 4 is 0 Å². The molecule has 0 spiro atoms. The van der Waals surface area contributed by atoms with Gasteiger partial charge in [-0.1, -0.05) is 12.1 Å². The van der Waals surface area contributed by atoms with Crippen molar-refractivity contribution in [2.45, 2.75) is 13.0 Å². The predicted molar refractivity (Wildman–Crippen MR) is 42.0 cm³/mol. The molecule has 1 unspecified atom stereocenters. The lowest BCUT2D eigenvalue weighted by Gasteiger charge is -2.23. The zero-order chi connectivity index (χ0) is 7.68. The van der Waals surface area contributed by atoms with Gasteiger partial charge in [0.05, 0.1) is 0 Å². The molecule has 58 valence electrons. The van der Waals surface area contributed by atoms with Gasteiger partial charge in [0.1, 0.15) is 12.7 Å². The summed E-state index contributed by atoms with van der Waals surface area (Å²) in [6.45, 7) is 2.65. The highest BCUT2D eigenvalue weighted by Gasteiger charge is 2.15. The summed E-state index contributed by atoms with van der Waals surface area (Å²) in [5, 5.41) is 0. The molecule has 0 bridgehead atoms. The van der Waals surface area contributed by atoms with Gasteiger partial charge in [-0.2, -0.15) is 0 Å². The maximum atomic E-state index is 5.51. The maximum absolute atomic E-state index is 5.51. The summed E-state index contributed by atoms with van der Waals surface area (Å²) in [5.74, 6) is 1.71. The molecular formula is C9H10O2. The van der Waals surface area contributed by atoms with E-state index in [1.807, 2.05) is 31.2 Å². The van der Waals surface area contributed by atoms with Crippen molar-refractivity contribution in [1.82, 2.24) is 0 Å². The number of ether oxygens (including phenoxy) is 2. The van der Waals surface area contributed by atoms with Gasteiger partial charge in [0.15, 0.2) is 11.5 Å². The summed E-state index contributed by atoms with van der Waals surface area (Å²) < 4.78 is 10.9. The van der Waals surface area contributed by atoms with Crippen molar-refractivity contribution in [3.05, 3.63) is 24.3 Å². The largest absolute Gasteiger partial charge is 0.486 e. The fourth-order valence-electron chi connectivity index (χ4n) is 1.12. The molecule has 2 heteroatoms. The number of para-hydroxylation sites is 2. The molecule has 11 heavy (non-hydrogen) atoms. The Bertz CT molecular complexity index is 257. The van der Waals surface area contributed by atoms with E-state index in [1.165, 1.54) is 0 Å². The number of hydrogen-bond donors (Lipinski definition) is 0. The number of hydrogen-bond acceptors (Lipinski definition) is 2. The highest BCUT2D eigenvalue weighted by molar-refractivity contribution is 5.40. The second-order valence-electron chi connectivity index (χ2n) is 2.69. The minimum Gasteiger partial charge on any atom is -0.486 e. The maximum Gasteiger partial charge on any atom is 0.161 e. The van der Waals surface area contributed by atoms with E-state index in [2.05, 4.69) is 0 Å². The van der Waals surface area contributed by atoms with Crippen LogP contribution in [0.15, 0.2) is 24.3 Å². The highest BCUT2D eigenvalue weighted by Crippen LogP contribution is 2.30. The van der Waals surface area contributed by atoms with Gasteiger partial charge >= 0.3 is 0 Å². The summed E-state index contributed by atoms with van der Waals surface area (Å²) in [4.78, 5) is 0. The lowest BCUT2D eigenvalue weighted by Crippen LogP contribution is -2.25. The second-order valence-corrected chi connectivity index (χ2v) is 2.69. The van der Waals surface area contributed by atoms with Crippen LogP contribution in [0.4, 0.5) is 0 Å². The third kappa shape index (κ3) is 1.16. The molecule has 0 aliphatic carbocycles. The van der Waals surface area contributed by atoms with E-state index in [4.69, 9.17) is 9.47 Å². The lowest BCUT2D eigenvalue weighted by atomic mass is 10.3. The molecule has 2 rings (SSSR count). The molecule has 1 aromatic carbocycles. The Morgan fingerprint density at radius 2 is 2.00 bits per heavy atom. The molecule has 0 saturated heterocycles. The van der Waals surface area contributed by atoms with Crippen molar-refractivity contribution in [2.24, 2.45) is 0 Å². The Hall–Kier alpha value is -1.18. The molecule has 2 nitrogen and oxygen atoms in total. The summed E-state index contributed by atoms with van der Waals surface area (Å²) in [7, 11) is 0. The summed E-state index contributed by atoms with van der Waals surface area (Å²) in [5.41, 5.74) is 0. The molecule has 0 aromatic heterocycles. The van der Waals surface area contributed by atoms with Crippen LogP contribution < -0.4 is 9.47 Å². The van der Waals surface area contributed by atoms with Crippen LogP contribution in [-0.4, -0.2) is 12.7 Å². The SMILES string of the molecule is CC1COc2ccccc2O1. The van der Waals surface area contributed by atoms with Crippen LogP contribution in [0.1, 0.15) is 6.92 Å². The van der Waals surface area contributed by atoms with E-state index in [-0.39, 0.29) is 6.10 Å². The molecule has 1 heterocycles. The quantitative estimate of drug-likeness (QED) is 0.562. The topological polar surface area (TPSA) is 18.5 Å². The van der Waals surface area contributed by atoms with Gasteiger partial charge in [-0.3, -0.25) is 0 Å². The van der Waals surface area contributed by atoms with Crippen LogP contribution in [0.25, 0.3) is 0 Å². The average Bonchev–Trinajstić information content (AvgIpc) is 2.04. The minimum absolute atomic E-state index is 0.171. The van der Waals surface area contributed by atoms with Gasteiger partial charge in [0.25, 0.3) is 0 Å². The first-order valence-corrected chi connectivity index (χ1v) is 3.75. The van der Waals surface area contributed by atoms with Crippen LogP contribution >= 0.6 is 0 Å². The molecule has 1 aliphatic heterocycles.